The van der Waals surface area contributed by atoms with Gasteiger partial charge in [0.2, 0.25) is 0 Å². The zero-order valence-corrected chi connectivity index (χ0v) is 15.5. The summed E-state index contributed by atoms with van der Waals surface area (Å²) in [6.07, 6.45) is -0.00836. The number of hydrogen-bond donors (Lipinski definition) is 2. The Balaban J connectivity index is 2.31. The number of aromatic nitrogens is 2. The van der Waals surface area contributed by atoms with Gasteiger partial charge in [0.1, 0.15) is 11.3 Å². The molecule has 0 amide bonds. The summed E-state index contributed by atoms with van der Waals surface area (Å²) in [5.74, 6) is -0.0471. The summed E-state index contributed by atoms with van der Waals surface area (Å²) in [7, 11) is -1.37. The van der Waals surface area contributed by atoms with E-state index in [2.05, 4.69) is 29.8 Å². The van der Waals surface area contributed by atoms with Crippen LogP contribution in [0.4, 0.5) is 0 Å². The smallest absolute Gasteiger partial charge is 0.345 e. The van der Waals surface area contributed by atoms with Gasteiger partial charge in [-0.25, -0.2) is 0 Å². The van der Waals surface area contributed by atoms with Crippen molar-refractivity contribution in [3.05, 3.63) is 45.1 Å². The van der Waals surface area contributed by atoms with E-state index < -0.39 is 19.2 Å². The Hall–Kier alpha value is -1.90. The van der Waals surface area contributed by atoms with Gasteiger partial charge in [-0.15, -0.1) is 0 Å². The van der Waals surface area contributed by atoms with Crippen molar-refractivity contribution in [3.8, 4) is 17.0 Å². The largest absolute Gasteiger partial charge is 0.507 e. The number of aromatic hydroxyl groups is 1. The molecule has 0 fully saturated rings. The second-order valence-corrected chi connectivity index (χ2v) is 12.7. The Kier molecular flexibility index (Phi) is 5.63. The highest BCUT2D eigenvalue weighted by atomic mass is 35.5. The van der Waals surface area contributed by atoms with E-state index in [1.807, 2.05) is 0 Å². The molecule has 0 bridgehead atoms. The minimum atomic E-state index is -1.37. The van der Waals surface area contributed by atoms with Gasteiger partial charge >= 0.3 is 6.23 Å². The molecule has 0 saturated heterocycles. The quantitative estimate of drug-likeness (QED) is 0.331. The average molecular weight is 370 g/mol. The first-order chi connectivity index (χ1) is 11.2. The van der Waals surface area contributed by atoms with E-state index in [4.69, 9.17) is 16.3 Å². The highest BCUT2D eigenvalue weighted by molar-refractivity contribution is 6.76. The van der Waals surface area contributed by atoms with Crippen LogP contribution in [0.15, 0.2) is 24.4 Å². The Bertz CT molecular complexity index is 730. The number of nitrogens with zero attached hydrogens (tertiary/aromatic N) is 2. The lowest BCUT2D eigenvalue weighted by Gasteiger charge is -2.17. The van der Waals surface area contributed by atoms with Crippen molar-refractivity contribution < 1.29 is 14.8 Å². The lowest BCUT2D eigenvalue weighted by Crippen LogP contribution is -2.24. The molecule has 1 atom stereocenters. The first-order valence-electron chi connectivity index (χ1n) is 7.46. The first kappa shape index (κ1) is 18.4. The van der Waals surface area contributed by atoms with Gasteiger partial charge in [0.15, 0.2) is 0 Å². The number of aromatic amines is 1. The van der Waals surface area contributed by atoms with Crippen molar-refractivity contribution in [1.29, 1.82) is 0 Å². The van der Waals surface area contributed by atoms with E-state index in [0.717, 1.165) is 6.04 Å². The summed E-state index contributed by atoms with van der Waals surface area (Å²) in [5.41, 5.74) is 0.925. The van der Waals surface area contributed by atoms with Gasteiger partial charge in [-0.3, -0.25) is 15.2 Å². The third kappa shape index (κ3) is 4.56. The highest BCUT2D eigenvalue weighted by Gasteiger charge is 2.30. The molecule has 24 heavy (non-hydrogen) atoms. The number of hydrogen-bond acceptors (Lipinski definition) is 5. The fourth-order valence-corrected chi connectivity index (χ4v) is 3.05. The Morgan fingerprint density at radius 3 is 2.79 bits per heavy atom. The van der Waals surface area contributed by atoms with Crippen molar-refractivity contribution in [2.45, 2.75) is 31.9 Å². The molecule has 0 spiro atoms. The molecule has 2 rings (SSSR count). The predicted octanol–water partition coefficient (Wildman–Crippen LogP) is 4.07. The standard InChI is InChI=1S/C15H20ClN3O4Si/c1-24(2,3)7-6-23-15(19(21)22)12-9-17-18-14(12)11-8-10(16)4-5-13(11)20/h4-5,8-9,15,20H,6-7H2,1-3H3,(H,17,18). The van der Waals surface area contributed by atoms with Crippen LogP contribution in [-0.2, 0) is 4.74 Å². The molecule has 1 aromatic heterocycles. The van der Waals surface area contributed by atoms with Crippen molar-refractivity contribution in [3.63, 3.8) is 0 Å². The molecule has 0 aliphatic carbocycles. The van der Waals surface area contributed by atoms with Gasteiger partial charge in [-0.2, -0.15) is 5.10 Å². The number of phenols is 1. The third-order valence-corrected chi connectivity index (χ3v) is 5.42. The number of phenolic OH excluding ortho intramolecular Hbond substituents is 1. The van der Waals surface area contributed by atoms with Crippen molar-refractivity contribution in [1.82, 2.24) is 10.2 Å². The summed E-state index contributed by atoms with van der Waals surface area (Å²) >= 11 is 5.96. The molecule has 2 N–H and O–H groups in total. The lowest BCUT2D eigenvalue weighted by molar-refractivity contribution is -0.583. The molecule has 0 aliphatic rings. The molecule has 130 valence electrons. The fourth-order valence-electron chi connectivity index (χ4n) is 2.15. The minimum Gasteiger partial charge on any atom is -0.507 e. The lowest BCUT2D eigenvalue weighted by atomic mass is 10.1. The van der Waals surface area contributed by atoms with Gasteiger partial charge < -0.3 is 9.84 Å². The van der Waals surface area contributed by atoms with E-state index in [0.29, 0.717) is 22.9 Å². The Labute approximate surface area is 145 Å². The van der Waals surface area contributed by atoms with Gasteiger partial charge in [-0.05, 0) is 24.2 Å². The van der Waals surface area contributed by atoms with Gasteiger partial charge in [0.25, 0.3) is 0 Å². The molecule has 0 saturated carbocycles. The van der Waals surface area contributed by atoms with Crippen LogP contribution in [-0.4, -0.2) is 34.9 Å². The van der Waals surface area contributed by atoms with Crippen LogP contribution >= 0.6 is 11.6 Å². The normalized spacial score (nSPS) is 13.0. The van der Waals surface area contributed by atoms with Crippen molar-refractivity contribution in [2.24, 2.45) is 0 Å². The van der Waals surface area contributed by atoms with Gasteiger partial charge in [-0.1, -0.05) is 31.2 Å². The molecule has 2 aromatic rings. The molecule has 7 nitrogen and oxygen atoms in total. The maximum absolute atomic E-state index is 11.5. The fraction of sp³-hybridized carbons (Fsp3) is 0.400. The van der Waals surface area contributed by atoms with E-state index in [-0.39, 0.29) is 11.3 Å². The molecular weight excluding hydrogens is 350 g/mol. The van der Waals surface area contributed by atoms with E-state index in [9.17, 15) is 15.2 Å². The number of ether oxygens (including phenoxy) is 1. The third-order valence-electron chi connectivity index (χ3n) is 3.48. The van der Waals surface area contributed by atoms with Crippen LogP contribution in [0, 0.1) is 10.1 Å². The SMILES string of the molecule is C[Si](C)(C)CCOC(c1cn[nH]c1-c1cc(Cl)ccc1O)[N+](=O)[O-]. The first-order valence-corrected chi connectivity index (χ1v) is 11.5. The van der Waals surface area contributed by atoms with E-state index >= 15 is 0 Å². The Morgan fingerprint density at radius 2 is 2.17 bits per heavy atom. The number of rotatable bonds is 7. The molecule has 1 aromatic carbocycles. The van der Waals surface area contributed by atoms with Crippen LogP contribution in [0.25, 0.3) is 11.3 Å². The topological polar surface area (TPSA) is 101 Å². The van der Waals surface area contributed by atoms with E-state index in [1.54, 1.807) is 0 Å². The molecule has 0 aliphatic heterocycles. The van der Waals surface area contributed by atoms with Crippen LogP contribution in [0.2, 0.25) is 30.7 Å². The van der Waals surface area contributed by atoms with Crippen molar-refractivity contribution in [2.75, 3.05) is 6.61 Å². The predicted molar refractivity (Wildman–Crippen MR) is 94.5 cm³/mol. The van der Waals surface area contributed by atoms with Crippen LogP contribution in [0.5, 0.6) is 5.75 Å². The molecule has 1 heterocycles. The minimum absolute atomic E-state index is 0.0471. The maximum Gasteiger partial charge on any atom is 0.345 e. The highest BCUT2D eigenvalue weighted by Crippen LogP contribution is 2.35. The molecule has 1 unspecified atom stereocenters. The number of nitrogens with one attached hydrogen (secondary N) is 1. The van der Waals surface area contributed by atoms with E-state index in [1.165, 1.54) is 24.4 Å². The zero-order chi connectivity index (χ0) is 17.9. The summed E-state index contributed by atoms with van der Waals surface area (Å²) in [6, 6.07) is 5.29. The number of H-pyrrole nitrogens is 1. The summed E-state index contributed by atoms with van der Waals surface area (Å²) in [6.45, 7) is 6.81. The Morgan fingerprint density at radius 1 is 1.46 bits per heavy atom. The average Bonchev–Trinajstić information content (AvgIpc) is 2.93. The second kappa shape index (κ2) is 7.33. The summed E-state index contributed by atoms with van der Waals surface area (Å²) < 4.78 is 5.52. The molecule has 9 heteroatoms. The van der Waals surface area contributed by atoms with Crippen LogP contribution < -0.4 is 0 Å². The summed E-state index contributed by atoms with van der Waals surface area (Å²) in [4.78, 5) is 11.0. The van der Waals surface area contributed by atoms with Gasteiger partial charge in [0.05, 0.1) is 23.4 Å². The number of nitro groups is 1. The van der Waals surface area contributed by atoms with Crippen LogP contribution in [0.3, 0.4) is 0 Å². The zero-order valence-electron chi connectivity index (χ0n) is 13.7. The monoisotopic (exact) mass is 369 g/mol. The molecule has 0 radical (unpaired) electrons. The summed E-state index contributed by atoms with van der Waals surface area (Å²) in [5, 5.41) is 28.4. The second-order valence-electron chi connectivity index (χ2n) is 6.68. The van der Waals surface area contributed by atoms with Crippen LogP contribution in [0.1, 0.15) is 11.8 Å². The number of halogens is 1. The van der Waals surface area contributed by atoms with Crippen molar-refractivity contribution >= 4 is 19.7 Å². The number of benzene rings is 1. The van der Waals surface area contributed by atoms with Gasteiger partial charge in [0, 0.05) is 18.7 Å². The molecular formula is C15H20ClN3O4Si. The maximum atomic E-state index is 11.5.